The molecule has 1 rings (SSSR count). The van der Waals surface area contributed by atoms with Gasteiger partial charge in [0.15, 0.2) is 0 Å². The van der Waals surface area contributed by atoms with Crippen LogP contribution in [0.1, 0.15) is 30.1 Å². The molecule has 0 aliphatic rings. The van der Waals surface area contributed by atoms with Crippen molar-refractivity contribution in [2.45, 2.75) is 25.8 Å². The topological polar surface area (TPSA) is 32.3 Å². The van der Waals surface area contributed by atoms with E-state index in [1.54, 1.807) is 0 Å². The van der Waals surface area contributed by atoms with Crippen molar-refractivity contribution in [1.82, 2.24) is 5.32 Å². The van der Waals surface area contributed by atoms with E-state index in [1.165, 1.54) is 0 Å². The van der Waals surface area contributed by atoms with Crippen LogP contribution in [0.3, 0.4) is 0 Å². The van der Waals surface area contributed by atoms with E-state index in [0.717, 1.165) is 12.1 Å². The molecule has 0 radical (unpaired) electrons. The van der Waals surface area contributed by atoms with Crippen molar-refractivity contribution in [3.05, 3.63) is 29.8 Å². The minimum absolute atomic E-state index is 0.0519. The summed E-state index contributed by atoms with van der Waals surface area (Å²) in [5, 5.41) is 2.94. The van der Waals surface area contributed by atoms with Crippen LogP contribution >= 0.6 is 0 Å². The predicted octanol–water partition coefficient (Wildman–Crippen LogP) is 2.28. The number of anilines is 1. The van der Waals surface area contributed by atoms with Crippen molar-refractivity contribution in [1.29, 1.82) is 0 Å². The van der Waals surface area contributed by atoms with Crippen LogP contribution in [0.5, 0.6) is 0 Å². The minimum Gasteiger partial charge on any atom is -0.378 e. The number of hydrogen-bond acceptors (Lipinski definition) is 2. The van der Waals surface area contributed by atoms with Crippen LogP contribution in [-0.2, 0) is 0 Å². The number of carbonyl (C=O) groups excluding carboxylic acids is 1. The molecule has 1 unspecified atom stereocenters. The van der Waals surface area contributed by atoms with Crippen LogP contribution < -0.4 is 10.2 Å². The zero-order valence-corrected chi connectivity index (χ0v) is 11.2. The molecule has 1 atom stereocenters. The van der Waals surface area contributed by atoms with Crippen molar-refractivity contribution in [3.8, 4) is 12.3 Å². The van der Waals surface area contributed by atoms with Gasteiger partial charge in [-0.2, -0.15) is 0 Å². The summed E-state index contributed by atoms with van der Waals surface area (Å²) in [7, 11) is 3.93. The maximum atomic E-state index is 12.0. The largest absolute Gasteiger partial charge is 0.378 e. The fraction of sp³-hybridized carbons (Fsp3) is 0.400. The Hall–Kier alpha value is -1.95. The van der Waals surface area contributed by atoms with Gasteiger partial charge in [-0.05, 0) is 30.7 Å². The highest BCUT2D eigenvalue weighted by atomic mass is 16.1. The van der Waals surface area contributed by atoms with Crippen molar-refractivity contribution in [3.63, 3.8) is 0 Å². The van der Waals surface area contributed by atoms with Gasteiger partial charge in [0.05, 0.1) is 0 Å². The van der Waals surface area contributed by atoms with E-state index in [0.29, 0.717) is 12.0 Å². The van der Waals surface area contributed by atoms with E-state index in [2.05, 4.69) is 11.2 Å². The van der Waals surface area contributed by atoms with Gasteiger partial charge in [0.2, 0.25) is 0 Å². The second-order valence-electron chi connectivity index (χ2n) is 4.43. The standard InChI is InChI=1S/C15H20N2O/c1-5-7-13(6-2)16-15(18)12-8-10-14(11-9-12)17(3)4/h1,8-11,13H,6-7H2,2-4H3,(H,16,18). The average molecular weight is 244 g/mol. The van der Waals surface area contributed by atoms with Crippen LogP contribution in [0.2, 0.25) is 0 Å². The highest BCUT2D eigenvalue weighted by molar-refractivity contribution is 5.94. The lowest BCUT2D eigenvalue weighted by Crippen LogP contribution is -2.34. The number of rotatable bonds is 5. The summed E-state index contributed by atoms with van der Waals surface area (Å²) in [5.74, 6) is 2.51. The SMILES string of the molecule is C#CCC(CC)NC(=O)c1ccc(N(C)C)cc1. The van der Waals surface area contributed by atoms with Crippen molar-refractivity contribution in [2.75, 3.05) is 19.0 Å². The number of nitrogens with zero attached hydrogens (tertiary/aromatic N) is 1. The molecule has 0 saturated heterocycles. The zero-order valence-electron chi connectivity index (χ0n) is 11.2. The highest BCUT2D eigenvalue weighted by Crippen LogP contribution is 2.12. The summed E-state index contributed by atoms with van der Waals surface area (Å²) in [6, 6.07) is 7.56. The number of benzene rings is 1. The Labute approximate surface area is 109 Å². The Kier molecular flexibility index (Phi) is 5.26. The van der Waals surface area contributed by atoms with Gasteiger partial charge in [0, 0.05) is 37.8 Å². The molecule has 0 saturated carbocycles. The molecular formula is C15H20N2O. The van der Waals surface area contributed by atoms with E-state index in [4.69, 9.17) is 6.42 Å². The number of nitrogens with one attached hydrogen (secondary N) is 1. The maximum absolute atomic E-state index is 12.0. The molecule has 18 heavy (non-hydrogen) atoms. The Morgan fingerprint density at radius 2 is 2.00 bits per heavy atom. The molecule has 1 aromatic rings. The van der Waals surface area contributed by atoms with Gasteiger partial charge < -0.3 is 10.2 Å². The molecule has 0 aliphatic carbocycles. The van der Waals surface area contributed by atoms with E-state index in [-0.39, 0.29) is 11.9 Å². The van der Waals surface area contributed by atoms with Gasteiger partial charge in [0.25, 0.3) is 5.91 Å². The first-order chi connectivity index (χ1) is 8.58. The molecule has 0 fully saturated rings. The van der Waals surface area contributed by atoms with E-state index in [9.17, 15) is 4.79 Å². The third kappa shape index (κ3) is 3.81. The predicted molar refractivity (Wildman–Crippen MR) is 75.8 cm³/mol. The van der Waals surface area contributed by atoms with Gasteiger partial charge in [-0.15, -0.1) is 12.3 Å². The van der Waals surface area contributed by atoms with Crippen LogP contribution in [0.15, 0.2) is 24.3 Å². The first kappa shape index (κ1) is 14.1. The first-order valence-electron chi connectivity index (χ1n) is 6.10. The number of hydrogen-bond donors (Lipinski definition) is 1. The summed E-state index contributed by atoms with van der Waals surface area (Å²) >= 11 is 0. The third-order valence-corrected chi connectivity index (χ3v) is 2.84. The molecule has 96 valence electrons. The minimum atomic E-state index is -0.0672. The summed E-state index contributed by atoms with van der Waals surface area (Å²) in [4.78, 5) is 14.0. The lowest BCUT2D eigenvalue weighted by molar-refractivity contribution is 0.0936. The quantitative estimate of drug-likeness (QED) is 0.806. The van der Waals surface area contributed by atoms with E-state index in [1.807, 2.05) is 50.2 Å². The maximum Gasteiger partial charge on any atom is 0.251 e. The molecule has 0 aliphatic heterocycles. The lowest BCUT2D eigenvalue weighted by atomic mass is 10.1. The van der Waals surface area contributed by atoms with Crippen LogP contribution in [0.25, 0.3) is 0 Å². The van der Waals surface area contributed by atoms with Gasteiger partial charge in [-0.3, -0.25) is 4.79 Å². The van der Waals surface area contributed by atoms with Gasteiger partial charge in [0.1, 0.15) is 0 Å². The number of terminal acetylenes is 1. The van der Waals surface area contributed by atoms with Gasteiger partial charge >= 0.3 is 0 Å². The van der Waals surface area contributed by atoms with E-state index < -0.39 is 0 Å². The molecule has 3 heteroatoms. The smallest absolute Gasteiger partial charge is 0.251 e. The lowest BCUT2D eigenvalue weighted by Gasteiger charge is -2.15. The summed E-state index contributed by atoms with van der Waals surface area (Å²) < 4.78 is 0. The molecule has 3 nitrogen and oxygen atoms in total. The molecule has 0 heterocycles. The van der Waals surface area contributed by atoms with E-state index >= 15 is 0 Å². The Morgan fingerprint density at radius 3 is 2.44 bits per heavy atom. The summed E-state index contributed by atoms with van der Waals surface area (Å²) in [6.07, 6.45) is 6.67. The summed E-state index contributed by atoms with van der Waals surface area (Å²) in [5.41, 5.74) is 1.73. The molecule has 0 aromatic heterocycles. The molecule has 1 amide bonds. The van der Waals surface area contributed by atoms with Crippen molar-refractivity contribution < 1.29 is 4.79 Å². The Morgan fingerprint density at radius 1 is 1.39 bits per heavy atom. The Bertz CT molecular complexity index is 429. The molecule has 1 aromatic carbocycles. The second kappa shape index (κ2) is 6.70. The molecule has 0 bridgehead atoms. The number of amides is 1. The molecular weight excluding hydrogens is 224 g/mol. The van der Waals surface area contributed by atoms with Crippen molar-refractivity contribution in [2.24, 2.45) is 0 Å². The average Bonchev–Trinajstić information content (AvgIpc) is 2.38. The number of carbonyl (C=O) groups is 1. The van der Waals surface area contributed by atoms with Crippen LogP contribution in [-0.4, -0.2) is 26.0 Å². The van der Waals surface area contributed by atoms with Crippen LogP contribution in [0, 0.1) is 12.3 Å². The third-order valence-electron chi connectivity index (χ3n) is 2.84. The normalized spacial score (nSPS) is 11.4. The van der Waals surface area contributed by atoms with Gasteiger partial charge in [-0.1, -0.05) is 6.92 Å². The van der Waals surface area contributed by atoms with Gasteiger partial charge in [-0.25, -0.2) is 0 Å². The fourth-order valence-electron chi connectivity index (χ4n) is 1.62. The first-order valence-corrected chi connectivity index (χ1v) is 6.10. The van der Waals surface area contributed by atoms with Crippen LogP contribution in [0.4, 0.5) is 5.69 Å². The van der Waals surface area contributed by atoms with Crippen molar-refractivity contribution >= 4 is 11.6 Å². The monoisotopic (exact) mass is 244 g/mol. The highest BCUT2D eigenvalue weighted by Gasteiger charge is 2.11. The fourth-order valence-corrected chi connectivity index (χ4v) is 1.62. The molecule has 0 spiro atoms. The zero-order chi connectivity index (χ0) is 13.5. The second-order valence-corrected chi connectivity index (χ2v) is 4.43. The Balaban J connectivity index is 2.70. The molecule has 1 N–H and O–H groups in total. The summed E-state index contributed by atoms with van der Waals surface area (Å²) in [6.45, 7) is 2.01.